The minimum Gasteiger partial charge on any atom is -0.493 e. The van der Waals surface area contributed by atoms with Crippen LogP contribution in [0.1, 0.15) is 24.1 Å². The van der Waals surface area contributed by atoms with Crippen LogP contribution in [0, 0.1) is 0 Å². The van der Waals surface area contributed by atoms with Gasteiger partial charge in [-0.25, -0.2) is 0 Å². The number of benzene rings is 1. The molecule has 4 nitrogen and oxygen atoms in total. The van der Waals surface area contributed by atoms with Gasteiger partial charge >= 0.3 is 0 Å². The highest BCUT2D eigenvalue weighted by atomic mass is 16.5. The van der Waals surface area contributed by atoms with E-state index in [1.54, 1.807) is 14.2 Å². The Balaban J connectivity index is 2.42. The number of rotatable bonds is 3. The van der Waals surface area contributed by atoms with Crippen molar-refractivity contribution >= 4 is 0 Å². The van der Waals surface area contributed by atoms with Gasteiger partial charge in [0.15, 0.2) is 11.5 Å². The highest BCUT2D eigenvalue weighted by molar-refractivity contribution is 5.49. The lowest BCUT2D eigenvalue weighted by atomic mass is 9.90. The van der Waals surface area contributed by atoms with Gasteiger partial charge in [0.25, 0.3) is 0 Å². The number of methoxy groups -OCH3 is 2. The molecular formula is C13H19NO3. The van der Waals surface area contributed by atoms with Crippen molar-refractivity contribution < 1.29 is 14.6 Å². The Hall–Kier alpha value is -1.26. The zero-order chi connectivity index (χ0) is 12.4. The van der Waals surface area contributed by atoms with Crippen LogP contribution in [0.5, 0.6) is 11.5 Å². The lowest BCUT2D eigenvalue weighted by molar-refractivity contribution is 0.225. The van der Waals surface area contributed by atoms with Gasteiger partial charge in [-0.15, -0.1) is 0 Å². The number of aliphatic hydroxyl groups excluding tert-OH is 1. The lowest BCUT2D eigenvalue weighted by Gasteiger charge is -2.31. The Labute approximate surface area is 102 Å². The van der Waals surface area contributed by atoms with Gasteiger partial charge in [0.05, 0.1) is 20.8 Å². The number of aliphatic hydroxyl groups is 1. The molecule has 17 heavy (non-hydrogen) atoms. The maximum absolute atomic E-state index is 9.24. The molecule has 1 aliphatic heterocycles. The second-order valence-corrected chi connectivity index (χ2v) is 4.38. The zero-order valence-electron chi connectivity index (χ0n) is 10.5. The maximum Gasteiger partial charge on any atom is 0.161 e. The summed E-state index contributed by atoms with van der Waals surface area (Å²) in [6, 6.07) is 4.36. The van der Waals surface area contributed by atoms with Crippen LogP contribution in [0.15, 0.2) is 12.1 Å². The van der Waals surface area contributed by atoms with E-state index in [0.29, 0.717) is 0 Å². The topological polar surface area (TPSA) is 50.7 Å². The predicted molar refractivity (Wildman–Crippen MR) is 65.7 cm³/mol. The molecule has 94 valence electrons. The van der Waals surface area contributed by atoms with Crippen molar-refractivity contribution in [3.8, 4) is 11.5 Å². The van der Waals surface area contributed by atoms with Gasteiger partial charge in [-0.1, -0.05) is 0 Å². The van der Waals surface area contributed by atoms with Crippen LogP contribution in [0.25, 0.3) is 0 Å². The summed E-state index contributed by atoms with van der Waals surface area (Å²) < 4.78 is 10.6. The van der Waals surface area contributed by atoms with Gasteiger partial charge in [0, 0.05) is 12.1 Å². The second-order valence-electron chi connectivity index (χ2n) is 4.38. The van der Waals surface area contributed by atoms with Crippen LogP contribution < -0.4 is 14.8 Å². The summed E-state index contributed by atoms with van der Waals surface area (Å²) in [5, 5.41) is 12.6. The number of ether oxygens (including phenoxy) is 2. The van der Waals surface area contributed by atoms with Crippen molar-refractivity contribution in [2.24, 2.45) is 0 Å². The Morgan fingerprint density at radius 2 is 1.94 bits per heavy atom. The summed E-state index contributed by atoms with van der Waals surface area (Å²) in [6.45, 7) is 2.24. The van der Waals surface area contributed by atoms with Crippen molar-refractivity contribution in [3.05, 3.63) is 23.3 Å². The third-order valence-electron chi connectivity index (χ3n) is 3.28. The Morgan fingerprint density at radius 3 is 2.53 bits per heavy atom. The van der Waals surface area contributed by atoms with Gasteiger partial charge in [0.2, 0.25) is 0 Å². The van der Waals surface area contributed by atoms with Crippen molar-refractivity contribution in [2.45, 2.75) is 25.4 Å². The molecule has 0 bridgehead atoms. The minimum absolute atomic E-state index is 0.121. The molecule has 0 aromatic heterocycles. The summed E-state index contributed by atoms with van der Waals surface area (Å²) >= 11 is 0. The van der Waals surface area contributed by atoms with E-state index in [0.717, 1.165) is 17.9 Å². The second kappa shape index (κ2) is 4.94. The van der Waals surface area contributed by atoms with Crippen LogP contribution in [0.4, 0.5) is 0 Å². The highest BCUT2D eigenvalue weighted by Crippen LogP contribution is 2.35. The molecule has 2 rings (SSSR count). The summed E-state index contributed by atoms with van der Waals surface area (Å²) in [5.74, 6) is 1.50. The van der Waals surface area contributed by atoms with Gasteiger partial charge in [-0.3, -0.25) is 0 Å². The molecule has 0 saturated carbocycles. The average Bonchev–Trinajstić information content (AvgIpc) is 2.36. The third-order valence-corrected chi connectivity index (χ3v) is 3.28. The molecule has 1 aromatic rings. The van der Waals surface area contributed by atoms with E-state index in [1.807, 2.05) is 12.1 Å². The smallest absolute Gasteiger partial charge is 0.161 e. The Morgan fingerprint density at radius 1 is 1.29 bits per heavy atom. The van der Waals surface area contributed by atoms with Gasteiger partial charge < -0.3 is 19.9 Å². The minimum atomic E-state index is 0.121. The van der Waals surface area contributed by atoms with E-state index in [9.17, 15) is 5.11 Å². The Bertz CT molecular complexity index is 406. The van der Waals surface area contributed by atoms with E-state index in [-0.39, 0.29) is 18.7 Å². The molecule has 0 unspecified atom stereocenters. The molecule has 2 N–H and O–H groups in total. The highest BCUT2D eigenvalue weighted by Gasteiger charge is 2.24. The van der Waals surface area contributed by atoms with E-state index in [4.69, 9.17) is 9.47 Å². The predicted octanol–water partition coefficient (Wildman–Crippen LogP) is 1.27. The van der Waals surface area contributed by atoms with Crippen molar-refractivity contribution in [3.63, 3.8) is 0 Å². The first kappa shape index (κ1) is 12.2. The molecule has 0 amide bonds. The summed E-state index contributed by atoms with van der Waals surface area (Å²) in [7, 11) is 3.28. The largest absolute Gasteiger partial charge is 0.493 e. The Kier molecular flexibility index (Phi) is 3.54. The number of nitrogens with one attached hydrogen (secondary N) is 1. The standard InChI is InChI=1S/C13H19NO3/c1-8-11-6-13(17-3)12(16-2)5-9(11)4-10(7-15)14-8/h5-6,8,10,14-15H,4,7H2,1-3H3/t8-,10-/m0/s1. The van der Waals surface area contributed by atoms with E-state index in [1.165, 1.54) is 11.1 Å². The first-order chi connectivity index (χ1) is 8.19. The molecule has 1 heterocycles. The number of fused-ring (bicyclic) bond motifs is 1. The van der Waals surface area contributed by atoms with Crippen LogP contribution in [-0.4, -0.2) is 32.0 Å². The molecule has 0 radical (unpaired) electrons. The van der Waals surface area contributed by atoms with Crippen LogP contribution in [0.2, 0.25) is 0 Å². The first-order valence-corrected chi connectivity index (χ1v) is 5.81. The van der Waals surface area contributed by atoms with Crippen molar-refractivity contribution in [1.29, 1.82) is 0 Å². The maximum atomic E-state index is 9.24. The van der Waals surface area contributed by atoms with E-state index < -0.39 is 0 Å². The fourth-order valence-corrected chi connectivity index (χ4v) is 2.40. The molecule has 0 aliphatic carbocycles. The third kappa shape index (κ3) is 2.23. The summed E-state index contributed by atoms with van der Waals surface area (Å²) in [6.07, 6.45) is 0.816. The lowest BCUT2D eigenvalue weighted by Crippen LogP contribution is -2.40. The molecule has 2 atom stereocenters. The summed E-state index contributed by atoms with van der Waals surface area (Å²) in [5.41, 5.74) is 2.43. The monoisotopic (exact) mass is 237 g/mol. The average molecular weight is 237 g/mol. The van der Waals surface area contributed by atoms with Crippen LogP contribution in [0.3, 0.4) is 0 Å². The number of hydrogen-bond donors (Lipinski definition) is 2. The van der Waals surface area contributed by atoms with Crippen LogP contribution >= 0.6 is 0 Å². The molecular weight excluding hydrogens is 218 g/mol. The van der Waals surface area contributed by atoms with Crippen LogP contribution in [-0.2, 0) is 6.42 Å². The molecule has 0 fully saturated rings. The molecule has 1 aromatic carbocycles. The van der Waals surface area contributed by atoms with Gasteiger partial charge in [0.1, 0.15) is 0 Å². The molecule has 4 heteroatoms. The normalized spacial score (nSPS) is 23.1. The van der Waals surface area contributed by atoms with Crippen molar-refractivity contribution in [1.82, 2.24) is 5.32 Å². The van der Waals surface area contributed by atoms with E-state index >= 15 is 0 Å². The first-order valence-electron chi connectivity index (χ1n) is 5.81. The van der Waals surface area contributed by atoms with E-state index in [2.05, 4.69) is 12.2 Å². The molecule has 0 saturated heterocycles. The SMILES string of the molecule is COc1cc2c(cc1OC)[C@H](C)N[C@H](CO)C2. The van der Waals surface area contributed by atoms with Gasteiger partial charge in [-0.2, -0.15) is 0 Å². The fraction of sp³-hybridized carbons (Fsp3) is 0.538. The fourth-order valence-electron chi connectivity index (χ4n) is 2.40. The summed E-state index contributed by atoms with van der Waals surface area (Å²) in [4.78, 5) is 0. The molecule has 0 spiro atoms. The quantitative estimate of drug-likeness (QED) is 0.831. The van der Waals surface area contributed by atoms with Gasteiger partial charge in [-0.05, 0) is 36.6 Å². The van der Waals surface area contributed by atoms with Crippen molar-refractivity contribution in [2.75, 3.05) is 20.8 Å². The zero-order valence-corrected chi connectivity index (χ0v) is 10.5. The number of hydrogen-bond acceptors (Lipinski definition) is 4. The molecule has 1 aliphatic rings.